The molecule has 28 heteroatoms. The highest BCUT2D eigenvalue weighted by Crippen LogP contribution is 2.60. The van der Waals surface area contributed by atoms with Crippen LogP contribution in [0, 0.1) is 0 Å². The normalized spacial score (nSPS) is 17.2. The highest BCUT2D eigenvalue weighted by atomic mass is 16.7. The minimum absolute atomic E-state index is 0.000535. The van der Waals surface area contributed by atoms with Gasteiger partial charge in [-0.1, -0.05) is 87.0 Å². The van der Waals surface area contributed by atoms with Crippen molar-refractivity contribution < 1.29 is 114 Å². The molecule has 0 spiro atoms. The number of amides is 5. The number of nitrogens with one attached hydrogen (secondary N) is 1. The van der Waals surface area contributed by atoms with Gasteiger partial charge in [0.2, 0.25) is 11.6 Å². The first-order valence-electron chi connectivity index (χ1n) is 44.6. The van der Waals surface area contributed by atoms with E-state index in [1.54, 1.807) is 27.9 Å². The quantitative estimate of drug-likeness (QED) is 0.0186. The predicted octanol–water partition coefficient (Wildman–Crippen LogP) is 12.5. The van der Waals surface area contributed by atoms with E-state index in [0.29, 0.717) is 239 Å². The summed E-state index contributed by atoms with van der Waals surface area (Å²) >= 11 is 0. The van der Waals surface area contributed by atoms with E-state index in [1.165, 1.54) is 0 Å². The van der Waals surface area contributed by atoms with Crippen LogP contribution in [0.25, 0.3) is 22.3 Å². The van der Waals surface area contributed by atoms with E-state index in [-0.39, 0.29) is 81.2 Å². The molecule has 4 aromatic rings. The largest absolute Gasteiger partial charge is 0.382 e. The van der Waals surface area contributed by atoms with Crippen LogP contribution < -0.4 is 10.2 Å². The van der Waals surface area contributed by atoms with Crippen molar-refractivity contribution >= 4 is 75.9 Å². The Morgan fingerprint density at radius 3 is 1.25 bits per heavy atom. The molecule has 125 heavy (non-hydrogen) atoms. The molecule has 4 aliphatic heterocycles. The summed E-state index contributed by atoms with van der Waals surface area (Å²) in [5, 5.41) is 4.24. The number of carbonyl (C=O) groups is 10. The smallest absolute Gasteiger partial charge is 0.333 e. The first-order chi connectivity index (χ1) is 60.4. The van der Waals surface area contributed by atoms with Gasteiger partial charge >= 0.3 is 11.9 Å². The van der Waals surface area contributed by atoms with Crippen molar-refractivity contribution in [1.82, 2.24) is 15.4 Å². The maximum Gasteiger partial charge on any atom is 0.333 e. The summed E-state index contributed by atoms with van der Waals surface area (Å²) in [4.78, 5) is 141. The third-order valence-corrected chi connectivity index (χ3v) is 24.1. The summed E-state index contributed by atoms with van der Waals surface area (Å²) in [6, 6.07) is 25.9. The lowest BCUT2D eigenvalue weighted by atomic mass is 9.70. The van der Waals surface area contributed by atoms with Crippen molar-refractivity contribution in [3.63, 3.8) is 0 Å². The van der Waals surface area contributed by atoms with Crippen molar-refractivity contribution in [1.29, 1.82) is 0 Å². The van der Waals surface area contributed by atoms with Crippen LogP contribution in [0.4, 0.5) is 11.4 Å². The summed E-state index contributed by atoms with van der Waals surface area (Å²) in [5.74, 6) is -3.36. The van der Waals surface area contributed by atoms with Crippen LogP contribution in [0.2, 0.25) is 0 Å². The fraction of sp³-hybridized carbons (Fsp3) is 0.577. The van der Waals surface area contributed by atoms with Crippen LogP contribution in [0.15, 0.2) is 109 Å². The van der Waals surface area contributed by atoms with Gasteiger partial charge < -0.3 is 86.4 Å². The topological polar surface area (TPSA) is 315 Å². The number of anilines is 1. The van der Waals surface area contributed by atoms with E-state index in [0.717, 1.165) is 78.4 Å². The number of methoxy groups -OCH3 is 1. The summed E-state index contributed by atoms with van der Waals surface area (Å²) < 4.78 is 63.1. The fourth-order valence-corrected chi connectivity index (χ4v) is 17.5. The molecule has 1 unspecified atom stereocenters. The number of Topliss-reactive ketones (excluding diaryl/α,β-unsaturated/α-hetero) is 3. The highest BCUT2D eigenvalue weighted by molar-refractivity contribution is 6.05. The number of carbonyl (C=O) groups excluding carboxylic acids is 10. The van der Waals surface area contributed by atoms with Gasteiger partial charge in [0, 0.05) is 136 Å². The predicted molar refractivity (Wildman–Crippen MR) is 468 cm³/mol. The monoisotopic (exact) mass is 1730 g/mol. The maximum absolute atomic E-state index is 14.1. The molecular formula is C97H130N5O23+. The molecule has 0 aromatic heterocycles. The minimum atomic E-state index is -0.719. The Kier molecular flexibility index (Phi) is 38.6. The highest BCUT2D eigenvalue weighted by Gasteiger charge is 2.51. The number of hydroxylamine groups is 4. The zero-order valence-electron chi connectivity index (χ0n) is 74.6. The van der Waals surface area contributed by atoms with Gasteiger partial charge in [0.15, 0.2) is 5.71 Å². The van der Waals surface area contributed by atoms with Crippen molar-refractivity contribution in [3.8, 4) is 22.3 Å². The molecule has 0 saturated carbocycles. The first kappa shape index (κ1) is 98.0. The van der Waals surface area contributed by atoms with Crippen molar-refractivity contribution in [2.75, 3.05) is 170 Å². The number of imide groups is 2. The Labute approximate surface area is 735 Å². The molecule has 2 saturated heterocycles. The van der Waals surface area contributed by atoms with Gasteiger partial charge in [-0.3, -0.25) is 24.0 Å². The van der Waals surface area contributed by atoms with Gasteiger partial charge in [0.25, 0.3) is 23.6 Å². The second-order valence-electron chi connectivity index (χ2n) is 33.6. The Balaban J connectivity index is 0.774. The minimum Gasteiger partial charge on any atom is -0.382 e. The summed E-state index contributed by atoms with van der Waals surface area (Å²) in [7, 11) is 1.64. The molecule has 28 nitrogen and oxygen atoms in total. The molecule has 1 atom stereocenters. The van der Waals surface area contributed by atoms with Crippen LogP contribution in [-0.2, 0) is 131 Å². The molecule has 4 heterocycles. The van der Waals surface area contributed by atoms with Crippen LogP contribution in [0.3, 0.4) is 0 Å². The number of fused-ring (bicyclic) bond motifs is 8. The van der Waals surface area contributed by atoms with Gasteiger partial charge in [-0.25, -0.2) is 9.59 Å². The Morgan fingerprint density at radius 2 is 0.808 bits per heavy atom. The van der Waals surface area contributed by atoms with E-state index < -0.39 is 57.2 Å². The molecular weight excluding hydrogens is 1600 g/mol. The Morgan fingerprint density at radius 1 is 0.408 bits per heavy atom. The molecule has 0 radical (unpaired) electrons. The molecule has 2 fully saturated rings. The first-order valence-corrected chi connectivity index (χ1v) is 44.6. The molecule has 4 aromatic carbocycles. The number of ether oxygens (including phenoxy) is 11. The summed E-state index contributed by atoms with van der Waals surface area (Å²) in [6.45, 7) is 24.6. The number of rotatable bonds is 62. The number of hydrogen-bond donors (Lipinski definition) is 1. The SMILES string of the molecule is COCCOCCOCCOCCOCCOCCOCCOCCOCCOCCOCCNC(=O)CCC1(CCC(C)=O)c2ccccc2-c2cc3c(cc21)[N+](CCCCCC(=O)ON1C(=O)CCC1=O)=C(C=CC=CC=C1N(CCCCCC(=O)ON2C(=O)CCC2=O)c2cc4c(cc2C1(C)C)-c1ccccc1C4(CCC(C)=O)CCC(C)=O)C3(C)C. The standard InChI is InChI=1S/C97H129N5O23/c1-70(103)34-38-96(39-35-71(2)104)77-24-18-16-22-73(77)75-66-81-83(68-79(75)96)99(43-20-10-14-28-92(111)124-101-88(107)30-31-89(101)108)85(94(81,4)5)26-12-9-13-27-86-95(6,7)82-67-76-74-23-17-19-25-78(74)97(40-36-72(3)105,80(76)69-84(82)100(86)44-21-11-15-29-93(112)125-102-90(109)32-33-91(102)110)41-37-87(106)98-42-45-114-48-49-116-52-53-118-56-57-120-60-61-122-64-65-123-63-62-121-59-58-119-55-54-117-51-50-115-47-46-113-8/h9,12-13,16-19,22-27,66-69H,10-11,14-15,20-21,28-65H2,1-8H3/p+1. The number of hydrogen-bond acceptors (Lipinski definition) is 24. The molecule has 2 aliphatic carbocycles. The molecule has 0 bridgehead atoms. The molecule has 5 amide bonds. The number of allylic oxidation sites excluding steroid dienone is 6. The number of benzene rings is 4. The van der Waals surface area contributed by atoms with Crippen molar-refractivity contribution in [2.24, 2.45) is 0 Å². The maximum atomic E-state index is 14.1. The van der Waals surface area contributed by atoms with E-state index in [4.69, 9.17) is 61.8 Å². The number of ketones is 3. The van der Waals surface area contributed by atoms with Gasteiger partial charge in [0.1, 0.15) is 23.9 Å². The lowest BCUT2D eigenvalue weighted by Crippen LogP contribution is -2.32. The van der Waals surface area contributed by atoms with Gasteiger partial charge in [0.05, 0.1) is 144 Å². The Bertz CT molecular complexity index is 4450. The van der Waals surface area contributed by atoms with Crippen molar-refractivity contribution in [2.45, 2.75) is 199 Å². The second kappa shape index (κ2) is 49.2. The fourth-order valence-electron chi connectivity index (χ4n) is 17.5. The summed E-state index contributed by atoms with van der Waals surface area (Å²) in [6.07, 6.45) is 17.2. The molecule has 6 aliphatic rings. The average molecular weight is 1730 g/mol. The number of nitrogens with zero attached hydrogens (tertiary/aromatic N) is 4. The van der Waals surface area contributed by atoms with Crippen LogP contribution in [-0.4, -0.2) is 245 Å². The van der Waals surface area contributed by atoms with E-state index in [9.17, 15) is 47.9 Å². The van der Waals surface area contributed by atoms with Gasteiger partial charge in [-0.15, -0.1) is 10.1 Å². The lowest BCUT2D eigenvalue weighted by Gasteiger charge is -2.33. The van der Waals surface area contributed by atoms with Gasteiger partial charge in [-0.2, -0.15) is 4.58 Å². The third kappa shape index (κ3) is 26.7. The number of unbranched alkanes of at least 4 members (excludes halogenated alkanes) is 4. The van der Waals surface area contributed by atoms with E-state index >= 15 is 0 Å². The van der Waals surface area contributed by atoms with Crippen LogP contribution >= 0.6 is 0 Å². The molecule has 680 valence electrons. The van der Waals surface area contributed by atoms with Crippen molar-refractivity contribution in [3.05, 3.63) is 142 Å². The molecule has 10 rings (SSSR count). The van der Waals surface area contributed by atoms with Crippen LogP contribution in [0.1, 0.15) is 210 Å². The third-order valence-electron chi connectivity index (χ3n) is 24.1. The van der Waals surface area contributed by atoms with E-state index in [2.05, 4.69) is 115 Å². The van der Waals surface area contributed by atoms with Gasteiger partial charge in [-0.05, 0) is 160 Å². The summed E-state index contributed by atoms with van der Waals surface area (Å²) in [5.41, 5.74) is 12.5. The zero-order valence-corrected chi connectivity index (χ0v) is 74.6. The zero-order chi connectivity index (χ0) is 89.2. The molecule has 1 N–H and O–H groups in total. The average Bonchev–Trinajstić information content (AvgIpc) is 1.54. The van der Waals surface area contributed by atoms with E-state index in [1.807, 2.05) is 30.3 Å². The Hall–Kier alpha value is -9.17. The second-order valence-corrected chi connectivity index (χ2v) is 33.6. The lowest BCUT2D eigenvalue weighted by molar-refractivity contribution is -0.438. The van der Waals surface area contributed by atoms with Crippen LogP contribution in [0.5, 0.6) is 0 Å².